The molecule has 1 saturated carbocycles. The Labute approximate surface area is 118 Å². The Morgan fingerprint density at radius 1 is 1.37 bits per heavy atom. The van der Waals surface area contributed by atoms with Gasteiger partial charge in [-0.2, -0.15) is 0 Å². The number of carboxylic acid groups (broad SMARTS) is 1. The molecule has 0 saturated heterocycles. The van der Waals surface area contributed by atoms with Crippen LogP contribution < -0.4 is 5.32 Å². The van der Waals surface area contributed by atoms with E-state index >= 15 is 0 Å². The van der Waals surface area contributed by atoms with Gasteiger partial charge in [0, 0.05) is 12.2 Å². The van der Waals surface area contributed by atoms with E-state index in [9.17, 15) is 4.79 Å². The van der Waals surface area contributed by atoms with Crippen LogP contribution in [0.2, 0.25) is 5.02 Å². The molecule has 104 valence electrons. The number of nitrogens with zero attached hydrogens (tertiary/aromatic N) is 1. The van der Waals surface area contributed by atoms with E-state index in [1.807, 2.05) is 0 Å². The molecule has 2 rings (SSSR count). The van der Waals surface area contributed by atoms with Gasteiger partial charge in [0.05, 0.1) is 10.6 Å². The van der Waals surface area contributed by atoms with Gasteiger partial charge in [0.15, 0.2) is 0 Å². The molecule has 0 radical (unpaired) electrons. The number of halogens is 1. The fraction of sp³-hybridized carbons (Fsp3) is 0.571. The second-order valence-corrected chi connectivity index (χ2v) is 6.03. The molecule has 1 fully saturated rings. The highest BCUT2D eigenvalue weighted by atomic mass is 35.5. The van der Waals surface area contributed by atoms with Crippen LogP contribution in [-0.4, -0.2) is 22.1 Å². The zero-order valence-corrected chi connectivity index (χ0v) is 11.9. The second kappa shape index (κ2) is 5.78. The number of rotatable bonds is 3. The van der Waals surface area contributed by atoms with Crippen molar-refractivity contribution >= 4 is 23.4 Å². The standard InChI is InChI=1S/C14H19ClN2O2/c1-8-3-9(2)5-11(4-8)17-13-12(15)6-10(7-16-13)14(18)19/h6-9,11H,3-5H2,1-2H3,(H,16,17)(H,18,19). The first-order valence-corrected chi connectivity index (χ1v) is 6.99. The van der Waals surface area contributed by atoms with Crippen LogP contribution in [0.15, 0.2) is 12.3 Å². The Morgan fingerprint density at radius 3 is 2.53 bits per heavy atom. The lowest BCUT2D eigenvalue weighted by Crippen LogP contribution is -2.30. The first kappa shape index (κ1) is 14.1. The van der Waals surface area contributed by atoms with E-state index < -0.39 is 5.97 Å². The molecule has 0 aromatic carbocycles. The van der Waals surface area contributed by atoms with Gasteiger partial charge < -0.3 is 10.4 Å². The van der Waals surface area contributed by atoms with Gasteiger partial charge in [-0.15, -0.1) is 0 Å². The van der Waals surface area contributed by atoms with Gasteiger partial charge in [-0.3, -0.25) is 0 Å². The molecule has 2 unspecified atom stereocenters. The van der Waals surface area contributed by atoms with E-state index in [1.165, 1.54) is 18.7 Å². The Kier molecular flexibility index (Phi) is 4.30. The number of hydrogen-bond acceptors (Lipinski definition) is 3. The van der Waals surface area contributed by atoms with Crippen molar-refractivity contribution in [2.45, 2.75) is 39.2 Å². The van der Waals surface area contributed by atoms with Crippen molar-refractivity contribution in [3.05, 3.63) is 22.8 Å². The molecule has 2 atom stereocenters. The minimum absolute atomic E-state index is 0.112. The van der Waals surface area contributed by atoms with E-state index in [0.29, 0.717) is 28.7 Å². The van der Waals surface area contributed by atoms with Gasteiger partial charge in [-0.25, -0.2) is 9.78 Å². The van der Waals surface area contributed by atoms with Gasteiger partial charge in [-0.1, -0.05) is 25.4 Å². The van der Waals surface area contributed by atoms with Crippen LogP contribution in [0.1, 0.15) is 43.5 Å². The van der Waals surface area contributed by atoms with Crippen LogP contribution in [0.4, 0.5) is 5.82 Å². The number of nitrogens with one attached hydrogen (secondary N) is 1. The molecular formula is C14H19ClN2O2. The van der Waals surface area contributed by atoms with E-state index in [4.69, 9.17) is 16.7 Å². The van der Waals surface area contributed by atoms with Crippen LogP contribution in [0.25, 0.3) is 0 Å². The molecule has 0 aliphatic heterocycles. The SMILES string of the molecule is CC1CC(C)CC(Nc2ncc(C(=O)O)cc2Cl)C1. The first-order chi connectivity index (χ1) is 8.95. The molecule has 0 amide bonds. The zero-order valence-electron chi connectivity index (χ0n) is 11.2. The van der Waals surface area contributed by atoms with E-state index in [2.05, 4.69) is 24.1 Å². The van der Waals surface area contributed by atoms with Crippen LogP contribution >= 0.6 is 11.6 Å². The maximum absolute atomic E-state index is 10.8. The van der Waals surface area contributed by atoms with Crippen LogP contribution in [0.3, 0.4) is 0 Å². The summed E-state index contributed by atoms with van der Waals surface area (Å²) in [7, 11) is 0. The minimum atomic E-state index is -1.01. The number of pyridine rings is 1. The lowest BCUT2D eigenvalue weighted by molar-refractivity contribution is 0.0696. The fourth-order valence-electron chi connectivity index (χ4n) is 2.92. The largest absolute Gasteiger partial charge is 0.478 e. The molecule has 5 heteroatoms. The number of aromatic nitrogens is 1. The third-order valence-corrected chi connectivity index (χ3v) is 3.90. The zero-order chi connectivity index (χ0) is 14.0. The number of aromatic carboxylic acids is 1. The number of carboxylic acids is 1. The fourth-order valence-corrected chi connectivity index (χ4v) is 3.14. The molecule has 4 nitrogen and oxygen atoms in total. The van der Waals surface area contributed by atoms with Crippen LogP contribution in [0.5, 0.6) is 0 Å². The molecular weight excluding hydrogens is 264 g/mol. The third kappa shape index (κ3) is 3.60. The molecule has 1 aromatic rings. The summed E-state index contributed by atoms with van der Waals surface area (Å²) in [6.45, 7) is 4.51. The maximum Gasteiger partial charge on any atom is 0.337 e. The summed E-state index contributed by atoms with van der Waals surface area (Å²) >= 11 is 6.08. The summed E-state index contributed by atoms with van der Waals surface area (Å²) in [4.78, 5) is 14.9. The highest BCUT2D eigenvalue weighted by Gasteiger charge is 2.24. The number of anilines is 1. The second-order valence-electron chi connectivity index (χ2n) is 5.62. The molecule has 0 spiro atoms. The summed E-state index contributed by atoms with van der Waals surface area (Å²) in [5, 5.41) is 12.6. The third-order valence-electron chi connectivity index (χ3n) is 3.61. The van der Waals surface area contributed by atoms with E-state index in [-0.39, 0.29) is 5.56 Å². The predicted molar refractivity (Wildman–Crippen MR) is 75.8 cm³/mol. The summed E-state index contributed by atoms with van der Waals surface area (Å²) in [5.74, 6) is 0.954. The van der Waals surface area contributed by atoms with Gasteiger partial charge in [0.1, 0.15) is 5.82 Å². The first-order valence-electron chi connectivity index (χ1n) is 6.61. The van der Waals surface area contributed by atoms with Crippen molar-refractivity contribution < 1.29 is 9.90 Å². The van der Waals surface area contributed by atoms with Gasteiger partial charge in [0.2, 0.25) is 0 Å². The summed E-state index contributed by atoms with van der Waals surface area (Å²) in [6.07, 6.45) is 4.80. The number of hydrogen-bond donors (Lipinski definition) is 2. The molecule has 1 aliphatic rings. The van der Waals surface area contributed by atoms with Crippen molar-refractivity contribution in [3.63, 3.8) is 0 Å². The quantitative estimate of drug-likeness (QED) is 0.888. The molecule has 1 aromatic heterocycles. The topological polar surface area (TPSA) is 62.2 Å². The predicted octanol–water partition coefficient (Wildman–Crippen LogP) is 3.67. The van der Waals surface area contributed by atoms with Crippen molar-refractivity contribution in [1.82, 2.24) is 4.98 Å². The van der Waals surface area contributed by atoms with Crippen molar-refractivity contribution in [2.75, 3.05) is 5.32 Å². The highest BCUT2D eigenvalue weighted by molar-refractivity contribution is 6.33. The monoisotopic (exact) mass is 282 g/mol. The van der Waals surface area contributed by atoms with Crippen molar-refractivity contribution in [2.24, 2.45) is 11.8 Å². The van der Waals surface area contributed by atoms with E-state index in [0.717, 1.165) is 12.8 Å². The number of carbonyl (C=O) groups is 1. The molecule has 19 heavy (non-hydrogen) atoms. The average Bonchev–Trinajstić information content (AvgIpc) is 2.30. The van der Waals surface area contributed by atoms with Crippen molar-refractivity contribution in [1.29, 1.82) is 0 Å². The minimum Gasteiger partial charge on any atom is -0.478 e. The average molecular weight is 283 g/mol. The molecule has 1 heterocycles. The normalized spacial score (nSPS) is 27.0. The molecule has 1 aliphatic carbocycles. The Bertz CT molecular complexity index is 469. The highest BCUT2D eigenvalue weighted by Crippen LogP contribution is 2.31. The lowest BCUT2D eigenvalue weighted by atomic mass is 9.80. The van der Waals surface area contributed by atoms with Gasteiger partial charge in [-0.05, 0) is 37.2 Å². The molecule has 0 bridgehead atoms. The van der Waals surface area contributed by atoms with Crippen molar-refractivity contribution in [3.8, 4) is 0 Å². The summed E-state index contributed by atoms with van der Waals surface area (Å²) in [5.41, 5.74) is 0.112. The van der Waals surface area contributed by atoms with E-state index in [1.54, 1.807) is 0 Å². The Hall–Kier alpha value is -1.29. The Morgan fingerprint density at radius 2 is 2.00 bits per heavy atom. The summed E-state index contributed by atoms with van der Waals surface area (Å²) in [6, 6.07) is 1.80. The Balaban J connectivity index is 2.08. The van der Waals surface area contributed by atoms with Gasteiger partial charge in [0.25, 0.3) is 0 Å². The molecule has 2 N–H and O–H groups in total. The van der Waals surface area contributed by atoms with Crippen LogP contribution in [0, 0.1) is 11.8 Å². The van der Waals surface area contributed by atoms with Crippen LogP contribution in [-0.2, 0) is 0 Å². The lowest BCUT2D eigenvalue weighted by Gasteiger charge is -2.32. The maximum atomic E-state index is 10.8. The van der Waals surface area contributed by atoms with Gasteiger partial charge >= 0.3 is 5.97 Å². The smallest absolute Gasteiger partial charge is 0.337 e. The summed E-state index contributed by atoms with van der Waals surface area (Å²) < 4.78 is 0.